The summed E-state index contributed by atoms with van der Waals surface area (Å²) in [4.78, 5) is 11.7. The molecule has 0 saturated heterocycles. The number of aromatic amines is 1. The summed E-state index contributed by atoms with van der Waals surface area (Å²) in [6.45, 7) is 0.315. The summed E-state index contributed by atoms with van der Waals surface area (Å²) in [5, 5.41) is 10.1. The number of rotatable bonds is 5. The number of benzene rings is 2. The van der Waals surface area contributed by atoms with Crippen LogP contribution in [0.2, 0.25) is 0 Å². The van der Waals surface area contributed by atoms with Gasteiger partial charge in [-0.25, -0.2) is 4.39 Å². The van der Waals surface area contributed by atoms with Crippen LogP contribution in [0.15, 0.2) is 64.6 Å². The molecule has 25 heavy (non-hydrogen) atoms. The first-order valence-electron chi connectivity index (χ1n) is 7.30. The second kappa shape index (κ2) is 7.63. The van der Waals surface area contributed by atoms with Gasteiger partial charge in [0.25, 0.3) is 5.56 Å². The van der Waals surface area contributed by atoms with E-state index < -0.39 is 5.56 Å². The first kappa shape index (κ1) is 16.7. The molecule has 0 bridgehead atoms. The molecule has 0 spiro atoms. The van der Waals surface area contributed by atoms with E-state index in [4.69, 9.17) is 17.0 Å². The smallest absolute Gasteiger partial charge is 0.293 e. The Kier molecular flexibility index (Phi) is 5.10. The van der Waals surface area contributed by atoms with Crippen molar-refractivity contribution < 1.29 is 9.13 Å². The minimum atomic E-state index is -0.427. The molecule has 0 aliphatic heterocycles. The number of aromatic nitrogens is 3. The molecule has 8 heteroatoms. The fourth-order valence-electron chi connectivity index (χ4n) is 2.01. The van der Waals surface area contributed by atoms with Crippen molar-refractivity contribution in [3.05, 3.63) is 86.8 Å². The molecule has 126 valence electrons. The van der Waals surface area contributed by atoms with Gasteiger partial charge in [0.1, 0.15) is 24.4 Å². The van der Waals surface area contributed by atoms with Crippen LogP contribution in [0.4, 0.5) is 4.39 Å². The van der Waals surface area contributed by atoms with Crippen LogP contribution in [-0.2, 0) is 6.61 Å². The van der Waals surface area contributed by atoms with Gasteiger partial charge in [0.2, 0.25) is 4.77 Å². The highest BCUT2D eigenvalue weighted by Crippen LogP contribution is 2.14. The molecule has 1 aromatic heterocycles. The van der Waals surface area contributed by atoms with Crippen LogP contribution in [0.25, 0.3) is 0 Å². The lowest BCUT2D eigenvalue weighted by Crippen LogP contribution is -2.18. The Labute approximate surface area is 147 Å². The van der Waals surface area contributed by atoms with Gasteiger partial charge in [-0.1, -0.05) is 24.3 Å². The highest BCUT2D eigenvalue weighted by atomic mass is 32.1. The van der Waals surface area contributed by atoms with Gasteiger partial charge >= 0.3 is 0 Å². The van der Waals surface area contributed by atoms with Crippen LogP contribution in [0.1, 0.15) is 11.1 Å². The van der Waals surface area contributed by atoms with Gasteiger partial charge in [-0.2, -0.15) is 14.9 Å². The van der Waals surface area contributed by atoms with E-state index in [-0.39, 0.29) is 10.6 Å². The van der Waals surface area contributed by atoms with Crippen LogP contribution in [-0.4, -0.2) is 21.1 Å². The third kappa shape index (κ3) is 4.45. The topological polar surface area (TPSA) is 72.3 Å². The third-order valence-electron chi connectivity index (χ3n) is 3.24. The number of H-pyrrole nitrogens is 1. The van der Waals surface area contributed by atoms with E-state index in [2.05, 4.69) is 15.3 Å². The van der Waals surface area contributed by atoms with Gasteiger partial charge in [-0.3, -0.25) is 9.89 Å². The second-order valence-corrected chi connectivity index (χ2v) is 5.44. The molecule has 0 aliphatic rings. The van der Waals surface area contributed by atoms with E-state index in [9.17, 15) is 9.18 Å². The lowest BCUT2D eigenvalue weighted by Gasteiger charge is -2.07. The number of ether oxygens (including phenoxy) is 1. The summed E-state index contributed by atoms with van der Waals surface area (Å²) in [5.41, 5.74) is 1.16. The van der Waals surface area contributed by atoms with Crippen molar-refractivity contribution in [3.63, 3.8) is 0 Å². The second-order valence-electron chi connectivity index (χ2n) is 5.06. The Balaban J connectivity index is 1.73. The quantitative estimate of drug-likeness (QED) is 0.564. The molecule has 0 amide bonds. The van der Waals surface area contributed by atoms with Gasteiger partial charge in [0, 0.05) is 0 Å². The minimum absolute atomic E-state index is 0.104. The maximum absolute atomic E-state index is 12.9. The molecule has 0 aliphatic carbocycles. The summed E-state index contributed by atoms with van der Waals surface area (Å²) in [7, 11) is 0. The fraction of sp³-hybridized carbons (Fsp3) is 0.0588. The molecule has 2 aromatic carbocycles. The normalized spacial score (nSPS) is 10.9. The van der Waals surface area contributed by atoms with E-state index in [1.807, 2.05) is 6.07 Å². The van der Waals surface area contributed by atoms with Gasteiger partial charge in [0.05, 0.1) is 6.21 Å². The van der Waals surface area contributed by atoms with Crippen molar-refractivity contribution in [3.8, 4) is 5.75 Å². The predicted octanol–water partition coefficient (Wildman–Crippen LogP) is 2.90. The molecule has 1 N–H and O–H groups in total. The molecule has 3 aromatic rings. The molecule has 0 atom stereocenters. The lowest BCUT2D eigenvalue weighted by molar-refractivity contribution is 0.306. The molecule has 1 heterocycles. The van der Waals surface area contributed by atoms with Gasteiger partial charge < -0.3 is 4.74 Å². The Bertz CT molecular complexity index is 984. The van der Waals surface area contributed by atoms with Gasteiger partial charge in [-0.15, -0.1) is 0 Å². The van der Waals surface area contributed by atoms with Crippen LogP contribution < -0.4 is 10.3 Å². The molecule has 3 rings (SSSR count). The Hall–Kier alpha value is -3.13. The van der Waals surface area contributed by atoms with Gasteiger partial charge in [0.15, 0.2) is 0 Å². The number of hydrogen-bond donors (Lipinski definition) is 1. The summed E-state index contributed by atoms with van der Waals surface area (Å²) in [5.74, 6) is 0.340. The Morgan fingerprint density at radius 1 is 1.28 bits per heavy atom. The van der Waals surface area contributed by atoms with Crippen LogP contribution >= 0.6 is 12.2 Å². The highest BCUT2D eigenvalue weighted by molar-refractivity contribution is 7.71. The first-order valence-corrected chi connectivity index (χ1v) is 7.71. The zero-order chi connectivity index (χ0) is 17.6. The maximum Gasteiger partial charge on any atom is 0.293 e. The molecule has 0 fully saturated rings. The fourth-order valence-corrected chi connectivity index (χ4v) is 2.20. The molecule has 6 nitrogen and oxygen atoms in total. The van der Waals surface area contributed by atoms with Crippen LogP contribution in [0, 0.1) is 10.6 Å². The van der Waals surface area contributed by atoms with Crippen molar-refractivity contribution in [1.82, 2.24) is 14.9 Å². The van der Waals surface area contributed by atoms with Crippen molar-refractivity contribution in [1.29, 1.82) is 0 Å². The van der Waals surface area contributed by atoms with E-state index in [1.165, 1.54) is 18.3 Å². The van der Waals surface area contributed by atoms with Crippen LogP contribution in [0.5, 0.6) is 5.75 Å². The molecule has 0 radical (unpaired) electrons. The van der Waals surface area contributed by atoms with Crippen molar-refractivity contribution in [2.45, 2.75) is 6.61 Å². The summed E-state index contributed by atoms with van der Waals surface area (Å²) in [6.07, 6.45) is 2.59. The van der Waals surface area contributed by atoms with Crippen molar-refractivity contribution in [2.75, 3.05) is 0 Å². The van der Waals surface area contributed by atoms with E-state index >= 15 is 0 Å². The van der Waals surface area contributed by atoms with Crippen molar-refractivity contribution in [2.24, 2.45) is 5.10 Å². The average Bonchev–Trinajstić information content (AvgIpc) is 2.61. The number of nitrogens with one attached hydrogen (secondary N) is 1. The van der Waals surface area contributed by atoms with E-state index in [1.54, 1.807) is 30.3 Å². The zero-order valence-corrected chi connectivity index (χ0v) is 13.7. The number of halogens is 1. The molecular weight excluding hydrogens is 343 g/mol. The zero-order valence-electron chi connectivity index (χ0n) is 12.9. The van der Waals surface area contributed by atoms with E-state index in [0.29, 0.717) is 12.4 Å². The standard InChI is InChI=1S/C17H13FN4O2S/c18-14-6-4-12(5-7-14)11-24-15-3-1-2-13(8-15)9-20-22-16(23)10-19-21-17(22)25/h1-10H,11H2,(H,21,25)/b20-9+. The summed E-state index contributed by atoms with van der Waals surface area (Å²) in [6, 6.07) is 13.3. The summed E-state index contributed by atoms with van der Waals surface area (Å²) >= 11 is 4.97. The first-order chi connectivity index (χ1) is 12.1. The Morgan fingerprint density at radius 3 is 2.84 bits per heavy atom. The third-order valence-corrected chi connectivity index (χ3v) is 3.50. The van der Waals surface area contributed by atoms with Gasteiger partial charge in [-0.05, 0) is 47.6 Å². The lowest BCUT2D eigenvalue weighted by atomic mass is 10.2. The minimum Gasteiger partial charge on any atom is -0.489 e. The summed E-state index contributed by atoms with van der Waals surface area (Å²) < 4.78 is 19.7. The van der Waals surface area contributed by atoms with E-state index in [0.717, 1.165) is 22.0 Å². The molecule has 0 saturated carbocycles. The molecule has 0 unspecified atom stereocenters. The predicted molar refractivity (Wildman–Crippen MR) is 93.8 cm³/mol. The average molecular weight is 356 g/mol. The van der Waals surface area contributed by atoms with Crippen molar-refractivity contribution >= 4 is 18.4 Å². The van der Waals surface area contributed by atoms with Crippen LogP contribution in [0.3, 0.4) is 0 Å². The largest absolute Gasteiger partial charge is 0.489 e. The number of hydrogen-bond acceptors (Lipinski definition) is 5. The molecular formula is C17H13FN4O2S. The Morgan fingerprint density at radius 2 is 2.08 bits per heavy atom. The highest BCUT2D eigenvalue weighted by Gasteiger charge is 1.99. The SMILES string of the molecule is O=c1cn[nH]c(=S)n1/N=C/c1cccc(OCc2ccc(F)cc2)c1. The monoisotopic (exact) mass is 356 g/mol. The maximum atomic E-state index is 12.9. The number of nitrogens with zero attached hydrogens (tertiary/aromatic N) is 3.